The molecular formula is C11H12N2O2. The van der Waals surface area contributed by atoms with Crippen LogP contribution in [0.1, 0.15) is 18.4 Å². The highest BCUT2D eigenvalue weighted by Gasteiger charge is 2.00. The molecule has 4 heteroatoms. The predicted octanol–water partition coefficient (Wildman–Crippen LogP) is 1.47. The normalized spacial score (nSPS) is 9.27. The molecule has 0 saturated heterocycles. The lowest BCUT2D eigenvalue weighted by Crippen LogP contribution is -2.05. The highest BCUT2D eigenvalue weighted by atomic mass is 16.5. The molecule has 0 aliphatic heterocycles. The van der Waals surface area contributed by atoms with Crippen LogP contribution in [0.25, 0.3) is 0 Å². The molecule has 1 rings (SSSR count). The second-order valence-electron chi connectivity index (χ2n) is 3.02. The van der Waals surface area contributed by atoms with E-state index in [1.807, 2.05) is 12.1 Å². The summed E-state index contributed by atoms with van der Waals surface area (Å²) in [5.41, 5.74) is 1.12. The van der Waals surface area contributed by atoms with E-state index in [-0.39, 0.29) is 6.42 Å². The fourth-order valence-corrected chi connectivity index (χ4v) is 1.12. The maximum Gasteiger partial charge on any atom is 0.320 e. The molecule has 1 aromatic rings. The van der Waals surface area contributed by atoms with Crippen LogP contribution >= 0.6 is 0 Å². The second-order valence-corrected chi connectivity index (χ2v) is 3.02. The van der Waals surface area contributed by atoms with E-state index >= 15 is 0 Å². The molecule has 78 valence electrons. The molecule has 1 aromatic heterocycles. The van der Waals surface area contributed by atoms with Crippen molar-refractivity contribution in [2.75, 3.05) is 6.61 Å². The first-order valence-corrected chi connectivity index (χ1v) is 4.74. The van der Waals surface area contributed by atoms with E-state index in [0.29, 0.717) is 6.61 Å². The monoisotopic (exact) mass is 204 g/mol. The molecule has 15 heavy (non-hydrogen) atoms. The Labute approximate surface area is 88.5 Å². The first-order chi connectivity index (χ1) is 7.33. The third-order valence-corrected chi connectivity index (χ3v) is 1.82. The van der Waals surface area contributed by atoms with E-state index in [2.05, 4.69) is 4.98 Å². The van der Waals surface area contributed by atoms with Gasteiger partial charge in [0.15, 0.2) is 0 Å². The lowest BCUT2D eigenvalue weighted by Gasteiger charge is -2.02. The molecule has 1 heterocycles. The first kappa shape index (κ1) is 11.2. The Hall–Kier alpha value is -1.89. The van der Waals surface area contributed by atoms with Crippen LogP contribution in [0, 0.1) is 11.3 Å². The predicted molar refractivity (Wildman–Crippen MR) is 53.7 cm³/mol. The number of carbonyl (C=O) groups is 1. The average Bonchev–Trinajstić information content (AvgIpc) is 2.26. The van der Waals surface area contributed by atoms with Gasteiger partial charge in [-0.1, -0.05) is 6.07 Å². The third-order valence-electron chi connectivity index (χ3n) is 1.82. The second kappa shape index (κ2) is 6.55. The lowest BCUT2D eigenvalue weighted by molar-refractivity contribution is -0.142. The van der Waals surface area contributed by atoms with Gasteiger partial charge in [-0.3, -0.25) is 9.78 Å². The Bertz CT molecular complexity index is 343. The summed E-state index contributed by atoms with van der Waals surface area (Å²) in [4.78, 5) is 14.8. The summed E-state index contributed by atoms with van der Waals surface area (Å²) in [6, 6.07) is 5.59. The molecule has 0 aliphatic rings. The van der Waals surface area contributed by atoms with E-state index < -0.39 is 5.97 Å². The van der Waals surface area contributed by atoms with Crippen LogP contribution in [-0.4, -0.2) is 17.6 Å². The summed E-state index contributed by atoms with van der Waals surface area (Å²) in [5, 5.41) is 8.21. The zero-order chi connectivity index (χ0) is 10.9. The van der Waals surface area contributed by atoms with E-state index in [1.165, 1.54) is 0 Å². The third kappa shape index (κ3) is 4.77. The van der Waals surface area contributed by atoms with Crippen molar-refractivity contribution in [1.82, 2.24) is 4.98 Å². The van der Waals surface area contributed by atoms with E-state index in [0.717, 1.165) is 18.4 Å². The van der Waals surface area contributed by atoms with Gasteiger partial charge in [-0.05, 0) is 24.5 Å². The first-order valence-electron chi connectivity index (χ1n) is 4.74. The summed E-state index contributed by atoms with van der Waals surface area (Å²) in [6.07, 6.45) is 4.91. The summed E-state index contributed by atoms with van der Waals surface area (Å²) >= 11 is 0. The van der Waals surface area contributed by atoms with Crippen LogP contribution in [0.4, 0.5) is 0 Å². The molecule has 0 spiro atoms. The minimum atomic E-state index is -0.455. The number of nitrogens with zero attached hydrogens (tertiary/aromatic N) is 2. The number of pyridine rings is 1. The summed E-state index contributed by atoms with van der Waals surface area (Å²) in [5.74, 6) is -0.455. The van der Waals surface area contributed by atoms with Crippen LogP contribution in [0.15, 0.2) is 24.5 Å². The highest BCUT2D eigenvalue weighted by molar-refractivity contribution is 5.71. The van der Waals surface area contributed by atoms with Crippen molar-refractivity contribution in [2.45, 2.75) is 19.3 Å². The minimum absolute atomic E-state index is 0.174. The smallest absolute Gasteiger partial charge is 0.320 e. The summed E-state index contributed by atoms with van der Waals surface area (Å²) < 4.78 is 4.82. The van der Waals surface area contributed by atoms with E-state index in [4.69, 9.17) is 10.00 Å². The minimum Gasteiger partial charge on any atom is -0.465 e. The Morgan fingerprint density at radius 2 is 2.47 bits per heavy atom. The summed E-state index contributed by atoms with van der Waals surface area (Å²) in [7, 11) is 0. The molecule has 0 aliphatic carbocycles. The van der Waals surface area contributed by atoms with Gasteiger partial charge in [0.05, 0.1) is 12.7 Å². The van der Waals surface area contributed by atoms with Crippen molar-refractivity contribution < 1.29 is 9.53 Å². The molecule has 0 saturated carbocycles. The number of hydrogen-bond donors (Lipinski definition) is 0. The van der Waals surface area contributed by atoms with Gasteiger partial charge in [-0.25, -0.2) is 0 Å². The van der Waals surface area contributed by atoms with Crippen molar-refractivity contribution in [3.8, 4) is 6.07 Å². The van der Waals surface area contributed by atoms with Crippen molar-refractivity contribution in [2.24, 2.45) is 0 Å². The number of hydrogen-bond acceptors (Lipinski definition) is 4. The van der Waals surface area contributed by atoms with Gasteiger partial charge in [0, 0.05) is 12.4 Å². The summed E-state index contributed by atoms with van der Waals surface area (Å²) in [6.45, 7) is 0.357. The van der Waals surface area contributed by atoms with Crippen molar-refractivity contribution in [3.05, 3.63) is 30.1 Å². The van der Waals surface area contributed by atoms with E-state index in [9.17, 15) is 4.79 Å². The zero-order valence-electron chi connectivity index (χ0n) is 8.35. The molecule has 0 aromatic carbocycles. The van der Waals surface area contributed by atoms with Gasteiger partial charge in [-0.15, -0.1) is 0 Å². The van der Waals surface area contributed by atoms with Gasteiger partial charge >= 0.3 is 5.97 Å². The molecule has 0 bridgehead atoms. The van der Waals surface area contributed by atoms with Gasteiger partial charge in [-0.2, -0.15) is 5.26 Å². The van der Waals surface area contributed by atoms with Gasteiger partial charge < -0.3 is 4.74 Å². The SMILES string of the molecule is N#CCC(=O)OCCCc1cccnc1. The van der Waals surface area contributed by atoms with Crippen LogP contribution in [0.5, 0.6) is 0 Å². The molecule has 0 radical (unpaired) electrons. The number of rotatable bonds is 5. The number of esters is 1. The fraction of sp³-hybridized carbons (Fsp3) is 0.364. The quantitative estimate of drug-likeness (QED) is 0.538. The topological polar surface area (TPSA) is 63.0 Å². The number of aromatic nitrogens is 1. The Kier molecular flexibility index (Phi) is 4.88. The van der Waals surface area contributed by atoms with Crippen molar-refractivity contribution >= 4 is 5.97 Å². The van der Waals surface area contributed by atoms with Crippen LogP contribution in [-0.2, 0) is 16.0 Å². The molecule has 0 N–H and O–H groups in total. The lowest BCUT2D eigenvalue weighted by atomic mass is 10.2. The molecule has 0 fully saturated rings. The van der Waals surface area contributed by atoms with Gasteiger partial charge in [0.25, 0.3) is 0 Å². The van der Waals surface area contributed by atoms with Gasteiger partial charge in [0.2, 0.25) is 0 Å². The number of carbonyl (C=O) groups excluding carboxylic acids is 1. The van der Waals surface area contributed by atoms with Crippen LogP contribution in [0.2, 0.25) is 0 Å². The van der Waals surface area contributed by atoms with Gasteiger partial charge in [0.1, 0.15) is 6.42 Å². The molecule has 0 amide bonds. The molecule has 4 nitrogen and oxygen atoms in total. The Balaban J connectivity index is 2.13. The highest BCUT2D eigenvalue weighted by Crippen LogP contribution is 2.00. The maximum absolute atomic E-state index is 10.8. The molecule has 0 unspecified atom stereocenters. The van der Waals surface area contributed by atoms with E-state index in [1.54, 1.807) is 18.5 Å². The Morgan fingerprint density at radius 3 is 3.13 bits per heavy atom. The average molecular weight is 204 g/mol. The number of ether oxygens (including phenoxy) is 1. The largest absolute Gasteiger partial charge is 0.465 e. The Morgan fingerprint density at radius 1 is 1.60 bits per heavy atom. The molecule has 0 atom stereocenters. The number of nitriles is 1. The maximum atomic E-state index is 10.8. The zero-order valence-corrected chi connectivity index (χ0v) is 8.35. The fourth-order valence-electron chi connectivity index (χ4n) is 1.12. The molecular weight excluding hydrogens is 192 g/mol. The van der Waals surface area contributed by atoms with Crippen molar-refractivity contribution in [3.63, 3.8) is 0 Å². The standard InChI is InChI=1S/C11H12N2O2/c12-6-5-11(14)15-8-2-4-10-3-1-7-13-9-10/h1,3,7,9H,2,4-5,8H2. The van der Waals surface area contributed by atoms with Crippen molar-refractivity contribution in [1.29, 1.82) is 5.26 Å². The van der Waals surface area contributed by atoms with Crippen LogP contribution < -0.4 is 0 Å². The number of aryl methyl sites for hydroxylation is 1. The van der Waals surface area contributed by atoms with Crippen LogP contribution in [0.3, 0.4) is 0 Å².